The van der Waals surface area contributed by atoms with Crippen LogP contribution in [0.25, 0.3) is 16.6 Å². The molecule has 0 spiro atoms. The summed E-state index contributed by atoms with van der Waals surface area (Å²) >= 11 is 1.44. The lowest BCUT2D eigenvalue weighted by Gasteiger charge is -2.32. The van der Waals surface area contributed by atoms with Gasteiger partial charge < -0.3 is 4.90 Å². The molecule has 176 valence electrons. The number of rotatable bonds is 8. The van der Waals surface area contributed by atoms with Crippen molar-refractivity contribution in [3.63, 3.8) is 0 Å². The lowest BCUT2D eigenvalue weighted by atomic mass is 10.1. The number of nitrogens with zero attached hydrogens (tertiary/aromatic N) is 3. The van der Waals surface area contributed by atoms with E-state index >= 15 is 0 Å². The summed E-state index contributed by atoms with van der Waals surface area (Å²) in [4.78, 5) is 35.0. The molecule has 0 aliphatic rings. The average Bonchev–Trinajstić information content (AvgIpc) is 3.37. The molecule has 0 fully saturated rings. The highest BCUT2D eigenvalue weighted by Gasteiger charge is 2.30. The number of hydrogen-bond donors (Lipinski definition) is 0. The van der Waals surface area contributed by atoms with Crippen LogP contribution in [0.1, 0.15) is 60.7 Å². The zero-order valence-electron chi connectivity index (χ0n) is 20.2. The zero-order valence-corrected chi connectivity index (χ0v) is 21.0. The Morgan fingerprint density at radius 3 is 2.44 bits per heavy atom. The van der Waals surface area contributed by atoms with Crippen molar-refractivity contribution in [1.29, 1.82) is 0 Å². The maximum Gasteiger partial charge on any atom is 0.266 e. The monoisotopic (exact) mass is 473 g/mol. The fraction of sp³-hybridized carbons (Fsp3) is 0.321. The standard InChI is InChI=1S/C28H31N3O2S/c1-5-24(30(17-16-19(2)3)28(33)25-11-8-18-34-25)26-29-23-10-7-6-9-22(23)27(32)31(26)21-14-12-20(4)13-15-21/h6-15,18-19,24H,5,16-17H2,1-4H3. The predicted molar refractivity (Wildman–Crippen MR) is 140 cm³/mol. The molecule has 4 rings (SSSR count). The van der Waals surface area contributed by atoms with E-state index in [1.165, 1.54) is 11.3 Å². The second-order valence-corrected chi connectivity index (χ2v) is 9.99. The van der Waals surface area contributed by atoms with Crippen LogP contribution in [0.3, 0.4) is 0 Å². The van der Waals surface area contributed by atoms with Gasteiger partial charge >= 0.3 is 0 Å². The molecule has 0 saturated carbocycles. The van der Waals surface area contributed by atoms with E-state index in [1.54, 1.807) is 4.57 Å². The van der Waals surface area contributed by atoms with Crippen LogP contribution in [0, 0.1) is 12.8 Å². The quantitative estimate of drug-likeness (QED) is 0.298. The van der Waals surface area contributed by atoms with Gasteiger partial charge in [0.15, 0.2) is 0 Å². The van der Waals surface area contributed by atoms with E-state index in [0.717, 1.165) is 17.7 Å². The van der Waals surface area contributed by atoms with Gasteiger partial charge in [0.1, 0.15) is 5.82 Å². The summed E-state index contributed by atoms with van der Waals surface area (Å²) in [6, 6.07) is 18.7. The molecular weight excluding hydrogens is 442 g/mol. The molecule has 1 unspecified atom stereocenters. The fourth-order valence-electron chi connectivity index (χ4n) is 4.20. The Hall–Kier alpha value is -3.25. The summed E-state index contributed by atoms with van der Waals surface area (Å²) in [6.45, 7) is 8.99. The Bertz CT molecular complexity index is 1320. The summed E-state index contributed by atoms with van der Waals surface area (Å²) in [7, 11) is 0. The molecule has 6 heteroatoms. The number of carbonyl (C=O) groups is 1. The van der Waals surface area contributed by atoms with Crippen LogP contribution in [0.5, 0.6) is 0 Å². The van der Waals surface area contributed by atoms with Gasteiger partial charge in [-0.05, 0) is 61.4 Å². The van der Waals surface area contributed by atoms with E-state index in [1.807, 2.05) is 77.9 Å². The van der Waals surface area contributed by atoms with E-state index in [0.29, 0.717) is 40.5 Å². The fourth-order valence-corrected chi connectivity index (χ4v) is 4.88. The highest BCUT2D eigenvalue weighted by molar-refractivity contribution is 7.12. The Morgan fingerprint density at radius 1 is 1.06 bits per heavy atom. The maximum absolute atomic E-state index is 13.8. The Balaban J connectivity index is 1.93. The van der Waals surface area contributed by atoms with Crippen LogP contribution in [0.15, 0.2) is 70.8 Å². The van der Waals surface area contributed by atoms with Crippen LogP contribution in [0.2, 0.25) is 0 Å². The number of aryl methyl sites for hydroxylation is 1. The molecule has 0 aliphatic carbocycles. The van der Waals surface area contributed by atoms with E-state index in [-0.39, 0.29) is 17.5 Å². The summed E-state index contributed by atoms with van der Waals surface area (Å²) in [6.07, 6.45) is 1.52. The van der Waals surface area contributed by atoms with Crippen LogP contribution in [-0.2, 0) is 0 Å². The molecule has 0 aliphatic heterocycles. The number of thiophene rings is 1. The highest BCUT2D eigenvalue weighted by atomic mass is 32.1. The molecule has 2 aromatic heterocycles. The van der Waals surface area contributed by atoms with Crippen molar-refractivity contribution in [2.45, 2.75) is 46.6 Å². The number of benzene rings is 2. The van der Waals surface area contributed by atoms with Crippen LogP contribution < -0.4 is 5.56 Å². The van der Waals surface area contributed by atoms with Gasteiger partial charge in [0.05, 0.1) is 27.5 Å². The zero-order chi connectivity index (χ0) is 24.2. The van der Waals surface area contributed by atoms with Crippen molar-refractivity contribution < 1.29 is 4.79 Å². The largest absolute Gasteiger partial charge is 0.328 e. The first kappa shape index (κ1) is 23.9. The molecule has 1 amide bonds. The lowest BCUT2D eigenvalue weighted by molar-refractivity contribution is 0.0654. The van der Waals surface area contributed by atoms with E-state index in [9.17, 15) is 9.59 Å². The first-order chi connectivity index (χ1) is 16.4. The van der Waals surface area contributed by atoms with Gasteiger partial charge in [-0.1, -0.05) is 56.7 Å². The minimum atomic E-state index is -0.341. The van der Waals surface area contributed by atoms with Gasteiger partial charge in [-0.15, -0.1) is 11.3 Å². The van der Waals surface area contributed by atoms with Gasteiger partial charge in [-0.25, -0.2) is 4.98 Å². The molecule has 2 aromatic carbocycles. The Labute approximate surface area is 204 Å². The average molecular weight is 474 g/mol. The Kier molecular flexibility index (Phi) is 7.27. The third-order valence-electron chi connectivity index (χ3n) is 6.09. The van der Waals surface area contributed by atoms with Crippen molar-refractivity contribution in [2.24, 2.45) is 5.92 Å². The third kappa shape index (κ3) is 4.82. The molecular formula is C28H31N3O2S. The third-order valence-corrected chi connectivity index (χ3v) is 6.95. The van der Waals surface area contributed by atoms with Gasteiger partial charge in [0.2, 0.25) is 0 Å². The summed E-state index contributed by atoms with van der Waals surface area (Å²) < 4.78 is 1.69. The van der Waals surface area contributed by atoms with Crippen molar-refractivity contribution in [2.75, 3.05) is 6.54 Å². The number of para-hydroxylation sites is 1. The van der Waals surface area contributed by atoms with Gasteiger partial charge in [0, 0.05) is 6.54 Å². The molecule has 0 bridgehead atoms. The van der Waals surface area contributed by atoms with Gasteiger partial charge in [-0.2, -0.15) is 0 Å². The van der Waals surface area contributed by atoms with Crippen molar-refractivity contribution >= 4 is 28.1 Å². The Morgan fingerprint density at radius 2 is 1.79 bits per heavy atom. The molecule has 0 saturated heterocycles. The minimum absolute atomic E-state index is 0.0136. The van der Waals surface area contributed by atoms with E-state index in [2.05, 4.69) is 20.8 Å². The van der Waals surface area contributed by atoms with Crippen LogP contribution in [0.4, 0.5) is 0 Å². The highest BCUT2D eigenvalue weighted by Crippen LogP contribution is 2.29. The number of amides is 1. The second-order valence-electron chi connectivity index (χ2n) is 9.05. The molecule has 5 nitrogen and oxygen atoms in total. The topological polar surface area (TPSA) is 55.2 Å². The molecule has 4 aromatic rings. The van der Waals surface area contributed by atoms with Crippen molar-refractivity contribution in [1.82, 2.24) is 14.5 Å². The molecule has 0 N–H and O–H groups in total. The first-order valence-corrected chi connectivity index (χ1v) is 12.7. The predicted octanol–water partition coefficient (Wildman–Crippen LogP) is 6.40. The van der Waals surface area contributed by atoms with E-state index < -0.39 is 0 Å². The SMILES string of the molecule is CCC(c1nc2ccccc2c(=O)n1-c1ccc(C)cc1)N(CCC(C)C)C(=O)c1cccs1. The molecule has 2 heterocycles. The minimum Gasteiger partial charge on any atom is -0.328 e. The summed E-state index contributed by atoms with van der Waals surface area (Å²) in [5.74, 6) is 1.03. The number of fused-ring (bicyclic) bond motifs is 1. The van der Waals surface area contributed by atoms with Crippen LogP contribution >= 0.6 is 11.3 Å². The first-order valence-electron chi connectivity index (χ1n) is 11.8. The summed E-state index contributed by atoms with van der Waals surface area (Å²) in [5.41, 5.74) is 2.41. The number of hydrogen-bond acceptors (Lipinski definition) is 4. The van der Waals surface area contributed by atoms with Gasteiger partial charge in [-0.3, -0.25) is 14.2 Å². The lowest BCUT2D eigenvalue weighted by Crippen LogP contribution is -2.39. The van der Waals surface area contributed by atoms with E-state index in [4.69, 9.17) is 4.98 Å². The maximum atomic E-state index is 13.8. The normalized spacial score (nSPS) is 12.3. The van der Waals surface area contributed by atoms with Crippen molar-refractivity contribution in [3.05, 3.63) is 92.7 Å². The number of carbonyl (C=O) groups excluding carboxylic acids is 1. The smallest absolute Gasteiger partial charge is 0.266 e. The number of aromatic nitrogens is 2. The molecule has 0 radical (unpaired) electrons. The molecule has 34 heavy (non-hydrogen) atoms. The summed E-state index contributed by atoms with van der Waals surface area (Å²) in [5, 5.41) is 2.49. The molecule has 1 atom stereocenters. The second kappa shape index (κ2) is 10.3. The van der Waals surface area contributed by atoms with Crippen molar-refractivity contribution in [3.8, 4) is 5.69 Å². The van der Waals surface area contributed by atoms with Gasteiger partial charge in [0.25, 0.3) is 11.5 Å². The van der Waals surface area contributed by atoms with Crippen LogP contribution in [-0.4, -0.2) is 26.9 Å².